The van der Waals surface area contributed by atoms with Gasteiger partial charge in [0.25, 0.3) is 0 Å². The molecule has 2 aliphatic heterocycles. The van der Waals surface area contributed by atoms with Crippen molar-refractivity contribution in [2.45, 2.75) is 37.9 Å². The van der Waals surface area contributed by atoms with Crippen LogP contribution in [0.25, 0.3) is 0 Å². The number of methoxy groups -OCH3 is 1. The number of aromatic nitrogens is 1. The third-order valence-corrected chi connectivity index (χ3v) is 4.14. The van der Waals surface area contributed by atoms with Crippen molar-refractivity contribution in [1.29, 1.82) is 0 Å². The van der Waals surface area contributed by atoms with E-state index in [1.165, 1.54) is 32.4 Å². The summed E-state index contributed by atoms with van der Waals surface area (Å²) in [5, 5.41) is 3.66. The molecule has 1 aromatic heterocycles. The van der Waals surface area contributed by atoms with E-state index in [2.05, 4.69) is 21.3 Å². The first kappa shape index (κ1) is 11.9. The predicted octanol–water partition coefficient (Wildman–Crippen LogP) is 1.42. The summed E-state index contributed by atoms with van der Waals surface area (Å²) >= 11 is 0. The number of rotatable bonds is 4. The van der Waals surface area contributed by atoms with E-state index >= 15 is 0 Å². The maximum atomic E-state index is 5.15. The van der Waals surface area contributed by atoms with E-state index in [9.17, 15) is 0 Å². The molecular weight excluding hydrogens is 226 g/mol. The number of nitrogens with one attached hydrogen (secondary N) is 1. The number of ether oxygens (including phenoxy) is 1. The highest BCUT2D eigenvalue weighted by Gasteiger charge is 2.36. The van der Waals surface area contributed by atoms with Gasteiger partial charge in [0.1, 0.15) is 0 Å². The van der Waals surface area contributed by atoms with Gasteiger partial charge in [-0.25, -0.2) is 4.98 Å². The van der Waals surface area contributed by atoms with Crippen LogP contribution in [0.15, 0.2) is 18.2 Å². The fourth-order valence-electron chi connectivity index (χ4n) is 3.23. The minimum atomic E-state index is 0.639. The molecule has 0 bridgehead atoms. The van der Waals surface area contributed by atoms with E-state index in [0.717, 1.165) is 18.3 Å². The normalized spacial score (nSPS) is 27.4. The van der Waals surface area contributed by atoms with Crippen LogP contribution >= 0.6 is 0 Å². The summed E-state index contributed by atoms with van der Waals surface area (Å²) in [4.78, 5) is 7.06. The van der Waals surface area contributed by atoms with E-state index in [1.807, 2.05) is 12.1 Å². The first-order valence-corrected chi connectivity index (χ1v) is 6.84. The van der Waals surface area contributed by atoms with Gasteiger partial charge >= 0.3 is 0 Å². The topological polar surface area (TPSA) is 37.4 Å². The second-order valence-electron chi connectivity index (χ2n) is 5.19. The van der Waals surface area contributed by atoms with Crippen molar-refractivity contribution < 1.29 is 4.74 Å². The Balaban J connectivity index is 1.57. The first-order valence-electron chi connectivity index (χ1n) is 6.84. The second kappa shape index (κ2) is 5.24. The van der Waals surface area contributed by atoms with Crippen LogP contribution in [0.2, 0.25) is 0 Å². The Morgan fingerprint density at radius 3 is 3.22 bits per heavy atom. The van der Waals surface area contributed by atoms with Crippen LogP contribution in [0.4, 0.5) is 0 Å². The molecular formula is C14H21N3O. The molecule has 98 valence electrons. The Bertz CT molecular complexity index is 410. The SMILES string of the molecule is COc1cccc(CNC2CCN3CCCC23)n1. The lowest BCUT2D eigenvalue weighted by Gasteiger charge is -2.21. The van der Waals surface area contributed by atoms with Crippen molar-refractivity contribution in [2.24, 2.45) is 0 Å². The Morgan fingerprint density at radius 1 is 1.39 bits per heavy atom. The standard InChI is InChI=1S/C14H21N3O/c1-18-14-6-2-4-11(16-14)10-15-12-7-9-17-8-3-5-13(12)17/h2,4,6,12-13,15H,3,5,7-10H2,1H3. The molecule has 2 fully saturated rings. The average Bonchev–Trinajstić information content (AvgIpc) is 3.00. The molecule has 0 spiro atoms. The molecule has 3 heterocycles. The molecule has 1 aromatic rings. The molecule has 0 amide bonds. The lowest BCUT2D eigenvalue weighted by atomic mass is 10.1. The largest absolute Gasteiger partial charge is 0.481 e. The predicted molar refractivity (Wildman–Crippen MR) is 70.6 cm³/mol. The van der Waals surface area contributed by atoms with Crippen LogP contribution < -0.4 is 10.1 Å². The Labute approximate surface area is 108 Å². The van der Waals surface area contributed by atoms with E-state index in [4.69, 9.17) is 4.74 Å². The highest BCUT2D eigenvalue weighted by molar-refractivity contribution is 5.15. The molecule has 2 unspecified atom stereocenters. The second-order valence-corrected chi connectivity index (χ2v) is 5.19. The molecule has 4 nitrogen and oxygen atoms in total. The highest BCUT2D eigenvalue weighted by Crippen LogP contribution is 2.28. The number of pyridine rings is 1. The van der Waals surface area contributed by atoms with Gasteiger partial charge in [0, 0.05) is 31.2 Å². The van der Waals surface area contributed by atoms with E-state index in [-0.39, 0.29) is 0 Å². The minimum Gasteiger partial charge on any atom is -0.481 e. The van der Waals surface area contributed by atoms with Crippen LogP contribution in [0.5, 0.6) is 5.88 Å². The fraction of sp³-hybridized carbons (Fsp3) is 0.643. The molecule has 18 heavy (non-hydrogen) atoms. The van der Waals surface area contributed by atoms with Crippen LogP contribution in [0, 0.1) is 0 Å². The number of nitrogens with zero attached hydrogens (tertiary/aromatic N) is 2. The molecule has 0 aliphatic carbocycles. The summed E-state index contributed by atoms with van der Waals surface area (Å²) in [7, 11) is 1.66. The molecule has 0 radical (unpaired) electrons. The molecule has 2 aliphatic rings. The quantitative estimate of drug-likeness (QED) is 0.873. The highest BCUT2D eigenvalue weighted by atomic mass is 16.5. The van der Waals surface area contributed by atoms with Gasteiger partial charge in [-0.3, -0.25) is 4.90 Å². The van der Waals surface area contributed by atoms with Crippen molar-refractivity contribution in [3.05, 3.63) is 23.9 Å². The zero-order chi connectivity index (χ0) is 12.4. The van der Waals surface area contributed by atoms with Crippen molar-refractivity contribution in [1.82, 2.24) is 15.2 Å². The van der Waals surface area contributed by atoms with Crippen LogP contribution in [0.3, 0.4) is 0 Å². The third kappa shape index (κ3) is 2.35. The molecule has 1 N–H and O–H groups in total. The average molecular weight is 247 g/mol. The number of fused-ring (bicyclic) bond motifs is 1. The van der Waals surface area contributed by atoms with Gasteiger partial charge in [0.05, 0.1) is 12.8 Å². The lowest BCUT2D eigenvalue weighted by Crippen LogP contribution is -2.38. The Hall–Kier alpha value is -1.13. The van der Waals surface area contributed by atoms with Gasteiger partial charge in [-0.2, -0.15) is 0 Å². The first-order chi connectivity index (χ1) is 8.86. The molecule has 2 saturated heterocycles. The zero-order valence-corrected chi connectivity index (χ0v) is 10.9. The Morgan fingerprint density at radius 2 is 2.33 bits per heavy atom. The van der Waals surface area contributed by atoms with E-state index in [1.54, 1.807) is 7.11 Å². The molecule has 4 heteroatoms. The summed E-state index contributed by atoms with van der Waals surface area (Å²) in [6.45, 7) is 3.39. The van der Waals surface area contributed by atoms with Crippen molar-refractivity contribution in [3.8, 4) is 5.88 Å². The molecule has 0 saturated carbocycles. The summed E-state index contributed by atoms with van der Waals surface area (Å²) in [6, 6.07) is 7.34. The van der Waals surface area contributed by atoms with Gasteiger partial charge in [0.15, 0.2) is 0 Å². The van der Waals surface area contributed by atoms with Gasteiger partial charge in [-0.05, 0) is 31.9 Å². The van der Waals surface area contributed by atoms with Crippen molar-refractivity contribution in [2.75, 3.05) is 20.2 Å². The van der Waals surface area contributed by atoms with Crippen molar-refractivity contribution >= 4 is 0 Å². The summed E-state index contributed by atoms with van der Waals surface area (Å²) in [5.41, 5.74) is 1.06. The Kier molecular flexibility index (Phi) is 3.48. The van der Waals surface area contributed by atoms with Crippen LogP contribution in [0.1, 0.15) is 25.0 Å². The maximum absolute atomic E-state index is 5.15. The summed E-state index contributed by atoms with van der Waals surface area (Å²) in [6.07, 6.45) is 3.98. The minimum absolute atomic E-state index is 0.639. The number of hydrogen-bond acceptors (Lipinski definition) is 4. The van der Waals surface area contributed by atoms with E-state index < -0.39 is 0 Å². The van der Waals surface area contributed by atoms with Gasteiger partial charge in [-0.15, -0.1) is 0 Å². The lowest BCUT2D eigenvalue weighted by molar-refractivity contribution is 0.298. The third-order valence-electron chi connectivity index (χ3n) is 4.14. The fourth-order valence-corrected chi connectivity index (χ4v) is 3.23. The summed E-state index contributed by atoms with van der Waals surface area (Å²) < 4.78 is 5.15. The van der Waals surface area contributed by atoms with Crippen LogP contribution in [-0.2, 0) is 6.54 Å². The maximum Gasteiger partial charge on any atom is 0.213 e. The molecule has 3 rings (SSSR count). The zero-order valence-electron chi connectivity index (χ0n) is 10.9. The summed E-state index contributed by atoms with van der Waals surface area (Å²) in [5.74, 6) is 0.697. The molecule has 2 atom stereocenters. The monoisotopic (exact) mass is 247 g/mol. The smallest absolute Gasteiger partial charge is 0.213 e. The van der Waals surface area contributed by atoms with Crippen LogP contribution in [-0.4, -0.2) is 42.2 Å². The number of hydrogen-bond donors (Lipinski definition) is 1. The van der Waals surface area contributed by atoms with Gasteiger partial charge in [0.2, 0.25) is 5.88 Å². The van der Waals surface area contributed by atoms with E-state index in [0.29, 0.717) is 11.9 Å². The van der Waals surface area contributed by atoms with Gasteiger partial charge in [-0.1, -0.05) is 6.07 Å². The van der Waals surface area contributed by atoms with Crippen molar-refractivity contribution in [3.63, 3.8) is 0 Å². The van der Waals surface area contributed by atoms with Gasteiger partial charge < -0.3 is 10.1 Å². The molecule has 0 aromatic carbocycles.